The highest BCUT2D eigenvalue weighted by Crippen LogP contribution is 2.35. The van der Waals surface area contributed by atoms with Crippen molar-refractivity contribution >= 4 is 21.7 Å². The molecule has 1 aliphatic rings. The van der Waals surface area contributed by atoms with E-state index in [1.54, 1.807) is 0 Å². The molecule has 0 aliphatic carbocycles. The summed E-state index contributed by atoms with van der Waals surface area (Å²) in [5.41, 5.74) is 0. The third-order valence-corrected chi connectivity index (χ3v) is 3.59. The summed E-state index contributed by atoms with van der Waals surface area (Å²) in [4.78, 5) is 11.2. The van der Waals surface area contributed by atoms with Crippen molar-refractivity contribution < 1.29 is 24.9 Å². The van der Waals surface area contributed by atoms with E-state index in [1.165, 1.54) is 13.8 Å². The molecule has 0 bridgehead atoms. The highest BCUT2D eigenvalue weighted by Gasteiger charge is 2.53. The van der Waals surface area contributed by atoms with Crippen molar-refractivity contribution in [3.05, 3.63) is 0 Å². The van der Waals surface area contributed by atoms with Gasteiger partial charge in [-0.3, -0.25) is 4.79 Å². The number of halogens is 1. The van der Waals surface area contributed by atoms with Crippen molar-refractivity contribution in [2.45, 2.75) is 42.8 Å². The summed E-state index contributed by atoms with van der Waals surface area (Å²) < 4.78 is 3.52. The van der Waals surface area contributed by atoms with Crippen molar-refractivity contribution in [2.75, 3.05) is 0 Å². The van der Waals surface area contributed by atoms with Gasteiger partial charge in [-0.1, -0.05) is 0 Å². The molecule has 0 spiro atoms. The van der Waals surface area contributed by atoms with Crippen LogP contribution in [0.4, 0.5) is 0 Å². The third kappa shape index (κ3) is 1.72. The zero-order chi connectivity index (χ0) is 11.1. The van der Waals surface area contributed by atoms with E-state index >= 15 is 0 Å². The zero-order valence-electron chi connectivity index (χ0n) is 7.85. The van der Waals surface area contributed by atoms with E-state index in [-0.39, 0.29) is 0 Å². The fourth-order valence-electron chi connectivity index (χ4n) is 1.39. The Morgan fingerprint density at radius 2 is 1.86 bits per heavy atom. The smallest absolute Gasteiger partial charge is 0.209 e. The van der Waals surface area contributed by atoms with Crippen LogP contribution in [0.3, 0.4) is 0 Å². The van der Waals surface area contributed by atoms with Gasteiger partial charge in [0.15, 0.2) is 5.78 Å². The van der Waals surface area contributed by atoms with E-state index in [0.29, 0.717) is 0 Å². The number of ether oxygens (including phenoxy) is 1. The molecule has 82 valence electrons. The van der Waals surface area contributed by atoms with Crippen molar-refractivity contribution in [2.24, 2.45) is 0 Å². The van der Waals surface area contributed by atoms with Gasteiger partial charge in [0.1, 0.15) is 18.3 Å². The molecule has 0 aromatic heterocycles. The second-order valence-electron chi connectivity index (χ2n) is 3.45. The SMILES string of the molecule is CC(=O)C1(Br)O[C@@H](C)[C@H](O)[C@@H](O)[C@H]1O. The Morgan fingerprint density at radius 3 is 2.29 bits per heavy atom. The highest BCUT2D eigenvalue weighted by molar-refractivity contribution is 9.10. The van der Waals surface area contributed by atoms with E-state index in [1.807, 2.05) is 0 Å². The van der Waals surface area contributed by atoms with E-state index in [4.69, 9.17) is 4.74 Å². The van der Waals surface area contributed by atoms with Crippen LogP contribution < -0.4 is 0 Å². The van der Waals surface area contributed by atoms with E-state index in [0.717, 1.165) is 0 Å². The van der Waals surface area contributed by atoms with E-state index in [2.05, 4.69) is 15.9 Å². The lowest BCUT2D eigenvalue weighted by molar-refractivity contribution is -0.223. The predicted octanol–water partition coefficient (Wildman–Crippen LogP) is -0.832. The molecule has 3 N–H and O–H groups in total. The van der Waals surface area contributed by atoms with Crippen LogP contribution in [-0.4, -0.2) is 50.0 Å². The summed E-state index contributed by atoms with van der Waals surface area (Å²) in [6, 6.07) is 0. The molecular weight excluding hydrogens is 256 g/mol. The van der Waals surface area contributed by atoms with E-state index < -0.39 is 34.7 Å². The Labute approximate surface area is 89.8 Å². The molecule has 1 saturated heterocycles. The van der Waals surface area contributed by atoms with Gasteiger partial charge in [-0.25, -0.2) is 0 Å². The first-order chi connectivity index (χ1) is 6.30. The van der Waals surface area contributed by atoms with Crippen LogP contribution in [0.5, 0.6) is 0 Å². The zero-order valence-corrected chi connectivity index (χ0v) is 9.43. The lowest BCUT2D eigenvalue weighted by Gasteiger charge is -2.43. The van der Waals surface area contributed by atoms with Crippen molar-refractivity contribution in [1.29, 1.82) is 0 Å². The summed E-state index contributed by atoms with van der Waals surface area (Å²) in [6.07, 6.45) is -4.81. The van der Waals surface area contributed by atoms with Gasteiger partial charge in [-0.15, -0.1) is 0 Å². The molecule has 1 heterocycles. The molecule has 0 amide bonds. The molecule has 5 nitrogen and oxygen atoms in total. The first-order valence-electron chi connectivity index (χ1n) is 4.22. The average molecular weight is 269 g/mol. The maximum Gasteiger partial charge on any atom is 0.209 e. The molecule has 0 aromatic rings. The fourth-order valence-corrected chi connectivity index (χ4v) is 1.95. The Hall–Kier alpha value is -0.0100. The normalized spacial score (nSPS) is 49.0. The van der Waals surface area contributed by atoms with Crippen LogP contribution in [0, 0.1) is 0 Å². The Morgan fingerprint density at radius 1 is 1.36 bits per heavy atom. The number of aliphatic hydroxyl groups is 3. The number of carbonyl (C=O) groups is 1. The summed E-state index contributed by atoms with van der Waals surface area (Å²) in [5.74, 6) is -0.456. The van der Waals surface area contributed by atoms with Crippen LogP contribution >= 0.6 is 15.9 Å². The minimum atomic E-state index is -1.62. The second kappa shape index (κ2) is 3.86. The van der Waals surface area contributed by atoms with Crippen molar-refractivity contribution in [3.63, 3.8) is 0 Å². The van der Waals surface area contributed by atoms with Gasteiger partial charge >= 0.3 is 0 Å². The van der Waals surface area contributed by atoms with Crippen molar-refractivity contribution in [1.82, 2.24) is 0 Å². The van der Waals surface area contributed by atoms with Gasteiger partial charge in [0.2, 0.25) is 4.51 Å². The molecule has 1 unspecified atom stereocenters. The molecule has 0 radical (unpaired) electrons. The third-order valence-electron chi connectivity index (χ3n) is 2.37. The van der Waals surface area contributed by atoms with Crippen LogP contribution in [-0.2, 0) is 9.53 Å². The molecule has 0 saturated carbocycles. The Kier molecular flexibility index (Phi) is 3.33. The summed E-state index contributed by atoms with van der Waals surface area (Å²) in [5, 5.41) is 28.4. The van der Waals surface area contributed by atoms with Gasteiger partial charge in [-0.2, -0.15) is 0 Å². The number of carbonyl (C=O) groups excluding carboxylic acids is 1. The number of rotatable bonds is 1. The van der Waals surface area contributed by atoms with Gasteiger partial charge in [0, 0.05) is 0 Å². The molecule has 5 atom stereocenters. The first kappa shape index (κ1) is 12.1. The maximum absolute atomic E-state index is 11.2. The monoisotopic (exact) mass is 268 g/mol. The minimum Gasteiger partial charge on any atom is -0.388 e. The number of alkyl halides is 1. The van der Waals surface area contributed by atoms with Crippen molar-refractivity contribution in [3.8, 4) is 0 Å². The second-order valence-corrected chi connectivity index (χ2v) is 4.63. The summed E-state index contributed by atoms with van der Waals surface area (Å²) >= 11 is 2.94. The van der Waals surface area contributed by atoms with Crippen LogP contribution in [0.25, 0.3) is 0 Å². The summed E-state index contributed by atoms with van der Waals surface area (Å²) in [7, 11) is 0. The minimum absolute atomic E-state index is 0.456. The van der Waals surface area contributed by atoms with Gasteiger partial charge in [-0.05, 0) is 29.8 Å². The molecule has 14 heavy (non-hydrogen) atoms. The van der Waals surface area contributed by atoms with E-state index in [9.17, 15) is 20.1 Å². The fraction of sp³-hybridized carbons (Fsp3) is 0.875. The first-order valence-corrected chi connectivity index (χ1v) is 5.02. The lowest BCUT2D eigenvalue weighted by atomic mass is 9.94. The van der Waals surface area contributed by atoms with Crippen LogP contribution in [0.15, 0.2) is 0 Å². The molecule has 0 aromatic carbocycles. The highest BCUT2D eigenvalue weighted by atomic mass is 79.9. The van der Waals surface area contributed by atoms with Gasteiger partial charge in [0.25, 0.3) is 0 Å². The maximum atomic E-state index is 11.2. The largest absolute Gasteiger partial charge is 0.388 e. The predicted molar refractivity (Wildman–Crippen MR) is 50.9 cm³/mol. The number of Topliss-reactive ketones (excluding diaryl/α,β-unsaturated/α-hetero) is 1. The molecule has 1 aliphatic heterocycles. The molecule has 1 fully saturated rings. The number of aliphatic hydroxyl groups excluding tert-OH is 3. The number of hydrogen-bond donors (Lipinski definition) is 3. The molecular formula is C8H13BrO5. The Balaban J connectivity index is 2.96. The number of ketones is 1. The standard InChI is InChI=1S/C8H13BrO5/c1-3-5(11)6(12)7(13)8(9,14-3)4(2)10/h3,5-7,11-13H,1-2H3/t3-,5-,6+,7+,8?/m0/s1. The quantitative estimate of drug-likeness (QED) is 0.541. The number of hydrogen-bond acceptors (Lipinski definition) is 5. The molecule has 1 rings (SSSR count). The summed E-state index contributed by atoms with van der Waals surface area (Å²) in [6.45, 7) is 2.74. The van der Waals surface area contributed by atoms with Crippen LogP contribution in [0.2, 0.25) is 0 Å². The molecule has 6 heteroatoms. The topological polar surface area (TPSA) is 87.0 Å². The average Bonchev–Trinajstić information content (AvgIpc) is 2.11. The van der Waals surface area contributed by atoms with Gasteiger partial charge in [0.05, 0.1) is 6.10 Å². The Bertz CT molecular complexity index is 246. The van der Waals surface area contributed by atoms with Crippen LogP contribution in [0.1, 0.15) is 13.8 Å². The van der Waals surface area contributed by atoms with Gasteiger partial charge < -0.3 is 20.1 Å². The lowest BCUT2D eigenvalue weighted by Crippen LogP contribution is -2.63.